The molecule has 0 aliphatic carbocycles. The van der Waals surface area contributed by atoms with Gasteiger partial charge in [0.05, 0.1) is 18.2 Å². The van der Waals surface area contributed by atoms with Crippen molar-refractivity contribution in [1.29, 1.82) is 0 Å². The number of ether oxygens (including phenoxy) is 2. The largest absolute Gasteiger partial charge is 0.489 e. The maximum Gasteiger partial charge on any atom is 0.244 e. The highest BCUT2D eigenvalue weighted by Crippen LogP contribution is 2.38. The Bertz CT molecular complexity index is 844. The third-order valence-electron chi connectivity index (χ3n) is 4.61. The summed E-state index contributed by atoms with van der Waals surface area (Å²) in [5.41, 5.74) is 3.33. The number of halogens is 1. The smallest absolute Gasteiger partial charge is 0.244 e. The molecular weight excluding hydrogens is 374 g/mol. The van der Waals surface area contributed by atoms with Gasteiger partial charge in [-0.2, -0.15) is 0 Å². The quantitative estimate of drug-likeness (QED) is 0.695. The van der Waals surface area contributed by atoms with Crippen LogP contribution in [0.4, 0.5) is 0 Å². The lowest BCUT2D eigenvalue weighted by atomic mass is 10.0. The van der Waals surface area contributed by atoms with E-state index in [1.165, 1.54) is 17.2 Å². The molecule has 148 valence electrons. The first-order chi connectivity index (χ1) is 13.5. The van der Waals surface area contributed by atoms with E-state index in [4.69, 9.17) is 21.1 Å². The van der Waals surface area contributed by atoms with Crippen molar-refractivity contribution >= 4 is 23.6 Å². The van der Waals surface area contributed by atoms with Crippen LogP contribution >= 0.6 is 11.6 Å². The fourth-order valence-electron chi connectivity index (χ4n) is 2.98. The van der Waals surface area contributed by atoms with Gasteiger partial charge in [0, 0.05) is 19.0 Å². The molecule has 1 aliphatic rings. The topological polar surface area (TPSA) is 47.6 Å². The van der Waals surface area contributed by atoms with Gasteiger partial charge >= 0.3 is 0 Å². The third kappa shape index (κ3) is 5.52. The highest BCUT2D eigenvalue weighted by molar-refractivity contribution is 6.32. The number of nitrogens with one attached hydrogen (secondary N) is 1. The average molecular weight is 400 g/mol. The van der Waals surface area contributed by atoms with E-state index in [0.717, 1.165) is 18.4 Å². The predicted molar refractivity (Wildman–Crippen MR) is 113 cm³/mol. The van der Waals surface area contributed by atoms with Crippen molar-refractivity contribution in [2.75, 3.05) is 19.8 Å². The summed E-state index contributed by atoms with van der Waals surface area (Å²) in [6, 6.07) is 12.2. The van der Waals surface area contributed by atoms with Gasteiger partial charge in [0.25, 0.3) is 0 Å². The van der Waals surface area contributed by atoms with E-state index >= 15 is 0 Å². The zero-order valence-corrected chi connectivity index (χ0v) is 17.1. The summed E-state index contributed by atoms with van der Waals surface area (Å²) in [4.78, 5) is 12.1. The van der Waals surface area contributed by atoms with Crippen molar-refractivity contribution in [1.82, 2.24) is 5.32 Å². The molecule has 28 heavy (non-hydrogen) atoms. The van der Waals surface area contributed by atoms with E-state index in [9.17, 15) is 4.79 Å². The molecule has 0 saturated carbocycles. The molecule has 0 spiro atoms. The molecule has 0 bridgehead atoms. The van der Waals surface area contributed by atoms with E-state index in [-0.39, 0.29) is 5.91 Å². The number of hydrogen-bond donors (Lipinski definition) is 1. The molecule has 4 nitrogen and oxygen atoms in total. The van der Waals surface area contributed by atoms with Crippen molar-refractivity contribution in [2.45, 2.75) is 32.6 Å². The first kappa shape index (κ1) is 20.3. The van der Waals surface area contributed by atoms with Gasteiger partial charge in [-0.15, -0.1) is 0 Å². The SMILES string of the molecule is CC(C)c1ccc(CCNC(=O)/C=C/c2cc(Cl)c3c(c2)OCCCO3)cc1. The lowest BCUT2D eigenvalue weighted by molar-refractivity contribution is -0.116. The molecule has 0 aromatic heterocycles. The van der Waals surface area contributed by atoms with Gasteiger partial charge < -0.3 is 14.8 Å². The summed E-state index contributed by atoms with van der Waals surface area (Å²) < 4.78 is 11.3. The zero-order valence-electron chi connectivity index (χ0n) is 16.3. The summed E-state index contributed by atoms with van der Waals surface area (Å²) in [5.74, 6) is 1.58. The second-order valence-electron chi connectivity index (χ2n) is 7.15. The van der Waals surface area contributed by atoms with Crippen molar-refractivity contribution in [3.05, 3.63) is 64.2 Å². The summed E-state index contributed by atoms with van der Waals surface area (Å²) in [6.07, 6.45) is 4.86. The minimum atomic E-state index is -0.137. The van der Waals surface area contributed by atoms with Crippen LogP contribution in [0.15, 0.2) is 42.5 Å². The maximum atomic E-state index is 12.1. The molecule has 0 atom stereocenters. The van der Waals surface area contributed by atoms with Crippen LogP contribution in [0, 0.1) is 0 Å². The highest BCUT2D eigenvalue weighted by atomic mass is 35.5. The molecule has 0 radical (unpaired) electrons. The van der Waals surface area contributed by atoms with Crippen LogP contribution < -0.4 is 14.8 Å². The number of amides is 1. The molecule has 3 rings (SSSR count). The molecule has 1 amide bonds. The Balaban J connectivity index is 1.52. The first-order valence-electron chi connectivity index (χ1n) is 9.67. The van der Waals surface area contributed by atoms with Gasteiger partial charge in [0.1, 0.15) is 0 Å². The van der Waals surface area contributed by atoms with Gasteiger partial charge in [0.2, 0.25) is 5.91 Å². The van der Waals surface area contributed by atoms with Crippen molar-refractivity contribution < 1.29 is 14.3 Å². The molecule has 0 fully saturated rings. The molecule has 2 aromatic rings. The Hall–Kier alpha value is -2.46. The number of carbonyl (C=O) groups is 1. The molecule has 0 saturated heterocycles. The van der Waals surface area contributed by atoms with E-state index in [0.29, 0.717) is 42.2 Å². The van der Waals surface area contributed by atoms with E-state index in [2.05, 4.69) is 43.4 Å². The Morgan fingerprint density at radius 3 is 2.68 bits per heavy atom. The number of rotatable bonds is 6. The number of carbonyl (C=O) groups excluding carboxylic acids is 1. The van der Waals surface area contributed by atoms with Gasteiger partial charge in [-0.25, -0.2) is 0 Å². The monoisotopic (exact) mass is 399 g/mol. The highest BCUT2D eigenvalue weighted by Gasteiger charge is 2.14. The van der Waals surface area contributed by atoms with Crippen LogP contribution in [0.25, 0.3) is 6.08 Å². The standard InChI is InChI=1S/C23H26ClNO3/c1-16(2)19-7-4-17(5-8-19)10-11-25-22(26)9-6-18-14-20(24)23-21(15-18)27-12-3-13-28-23/h4-9,14-16H,3,10-13H2,1-2H3,(H,25,26)/b9-6+. The van der Waals surface area contributed by atoms with Gasteiger partial charge in [-0.05, 0) is 47.2 Å². The van der Waals surface area contributed by atoms with Crippen molar-refractivity contribution in [3.8, 4) is 11.5 Å². The van der Waals surface area contributed by atoms with Crippen LogP contribution in [0.3, 0.4) is 0 Å². The lowest BCUT2D eigenvalue weighted by Gasteiger charge is -2.10. The third-order valence-corrected chi connectivity index (χ3v) is 4.89. The lowest BCUT2D eigenvalue weighted by Crippen LogP contribution is -2.23. The van der Waals surface area contributed by atoms with Crippen LogP contribution in [0.1, 0.15) is 42.9 Å². The van der Waals surface area contributed by atoms with Gasteiger partial charge in [-0.3, -0.25) is 4.79 Å². The Kier molecular flexibility index (Phi) is 6.99. The normalized spacial score (nSPS) is 13.6. The van der Waals surface area contributed by atoms with Crippen molar-refractivity contribution in [3.63, 3.8) is 0 Å². The Morgan fingerprint density at radius 2 is 1.93 bits per heavy atom. The minimum absolute atomic E-state index is 0.137. The molecule has 0 unspecified atom stereocenters. The molecule has 2 aromatic carbocycles. The van der Waals surface area contributed by atoms with Crippen LogP contribution in [-0.2, 0) is 11.2 Å². The number of fused-ring (bicyclic) bond motifs is 1. The average Bonchev–Trinajstić information content (AvgIpc) is 2.93. The summed E-state index contributed by atoms with van der Waals surface area (Å²) >= 11 is 6.28. The zero-order chi connectivity index (χ0) is 19.9. The predicted octanol–water partition coefficient (Wildman–Crippen LogP) is 5.00. The van der Waals surface area contributed by atoms with E-state index in [1.807, 2.05) is 6.07 Å². The van der Waals surface area contributed by atoms with Gasteiger partial charge in [-0.1, -0.05) is 49.7 Å². The van der Waals surface area contributed by atoms with E-state index in [1.54, 1.807) is 12.1 Å². The number of hydrogen-bond acceptors (Lipinski definition) is 3. The Morgan fingerprint density at radius 1 is 1.18 bits per heavy atom. The van der Waals surface area contributed by atoms with E-state index < -0.39 is 0 Å². The molecule has 1 N–H and O–H groups in total. The van der Waals surface area contributed by atoms with Gasteiger partial charge in [0.15, 0.2) is 11.5 Å². The molecular formula is C23H26ClNO3. The molecule has 5 heteroatoms. The fourth-order valence-corrected chi connectivity index (χ4v) is 3.25. The summed E-state index contributed by atoms with van der Waals surface area (Å²) in [5, 5.41) is 3.40. The second-order valence-corrected chi connectivity index (χ2v) is 7.56. The first-order valence-corrected chi connectivity index (χ1v) is 10.0. The Labute approximate surface area is 171 Å². The van der Waals surface area contributed by atoms with Crippen LogP contribution in [-0.4, -0.2) is 25.7 Å². The fraction of sp³-hybridized carbons (Fsp3) is 0.348. The molecule has 1 aliphatic heterocycles. The molecule has 1 heterocycles. The summed E-state index contributed by atoms with van der Waals surface area (Å²) in [7, 11) is 0. The van der Waals surface area contributed by atoms with Crippen LogP contribution in [0.5, 0.6) is 11.5 Å². The van der Waals surface area contributed by atoms with Crippen LogP contribution in [0.2, 0.25) is 5.02 Å². The van der Waals surface area contributed by atoms with Crippen molar-refractivity contribution in [2.24, 2.45) is 0 Å². The number of benzene rings is 2. The summed E-state index contributed by atoms with van der Waals surface area (Å²) in [6.45, 7) is 6.13. The minimum Gasteiger partial charge on any atom is -0.489 e. The second kappa shape index (κ2) is 9.65. The maximum absolute atomic E-state index is 12.1.